The van der Waals surface area contributed by atoms with E-state index in [0.717, 1.165) is 0 Å². The highest BCUT2D eigenvalue weighted by Gasteiger charge is 2.01. The zero-order valence-corrected chi connectivity index (χ0v) is 11.7. The number of carbonyl (C=O) groups excluding carboxylic acids is 1. The summed E-state index contributed by atoms with van der Waals surface area (Å²) in [6.45, 7) is 5.37. The zero-order valence-electron chi connectivity index (χ0n) is 7.43. The number of hydrogen-bond donors (Lipinski definition) is 0. The summed E-state index contributed by atoms with van der Waals surface area (Å²) in [5.41, 5.74) is 0.432. The van der Waals surface area contributed by atoms with E-state index in [2.05, 4.69) is 43.8 Å². The van der Waals surface area contributed by atoms with Crippen molar-refractivity contribution in [2.24, 2.45) is 0 Å². The minimum atomic E-state index is -0.339. The van der Waals surface area contributed by atoms with Crippen LogP contribution in [0.4, 0.5) is 0 Å². The predicted octanol–water partition coefficient (Wildman–Crippen LogP) is 2.40. The van der Waals surface area contributed by atoms with Gasteiger partial charge in [-0.15, -0.1) is 0 Å². The highest BCUT2D eigenvalue weighted by atomic mass is 128. The van der Waals surface area contributed by atoms with E-state index in [4.69, 9.17) is 4.74 Å². The lowest BCUT2D eigenvalue weighted by Gasteiger charge is -2.09. The lowest BCUT2D eigenvalue weighted by atomic mass is 10.4. The van der Waals surface area contributed by atoms with Crippen LogP contribution >= 0.6 is 37.2 Å². The fourth-order valence-corrected chi connectivity index (χ4v) is 0.311. The molecule has 0 aromatic rings. The van der Waals surface area contributed by atoms with E-state index < -0.39 is 0 Å². The average Bonchev–Trinajstić information content (AvgIpc) is 2.03. The van der Waals surface area contributed by atoms with Crippen molar-refractivity contribution in [1.29, 1.82) is 0 Å². The summed E-state index contributed by atoms with van der Waals surface area (Å²) in [5.74, 6) is -0.339. The van der Waals surface area contributed by atoms with Crippen molar-refractivity contribution >= 4 is 43.2 Å². The normalized spacial score (nSPS) is 8.50. The molecule has 3 nitrogen and oxygen atoms in total. The first-order valence-corrected chi connectivity index (χ1v) is 9.44. The van der Waals surface area contributed by atoms with E-state index in [1.807, 2.05) is 14.1 Å². The fraction of sp³-hybridized carbons (Fsp3) is 0.571. The Morgan fingerprint density at radius 1 is 1.50 bits per heavy atom. The van der Waals surface area contributed by atoms with E-state index in [-0.39, 0.29) is 5.97 Å². The summed E-state index contributed by atoms with van der Waals surface area (Å²) in [6.07, 6.45) is 0. The number of hydrogen-bond acceptors (Lipinski definition) is 3. The maximum Gasteiger partial charge on any atom is 0.334 e. The van der Waals surface area contributed by atoms with Crippen LogP contribution in [0, 0.1) is 0 Å². The second kappa shape index (κ2) is 9.72. The van der Waals surface area contributed by atoms with Crippen molar-refractivity contribution in [2.45, 2.75) is 6.92 Å². The monoisotopic (exact) mass is 397 g/mol. The third-order valence-corrected chi connectivity index (χ3v) is 0.802. The minimum absolute atomic E-state index is 0.311. The molecule has 0 saturated heterocycles. The zero-order chi connectivity index (χ0) is 10.1. The second-order valence-corrected chi connectivity index (χ2v) is 2.42. The van der Waals surface area contributed by atoms with Crippen molar-refractivity contribution in [1.82, 2.24) is 4.90 Å². The summed E-state index contributed by atoms with van der Waals surface area (Å²) >= 11 is 4.24. The summed E-state index contributed by atoms with van der Waals surface area (Å²) in [7, 11) is 3.65. The average molecular weight is 397 g/mol. The van der Waals surface area contributed by atoms with Crippen LogP contribution in [0.3, 0.4) is 0 Å². The van der Waals surface area contributed by atoms with Crippen LogP contribution in [0.25, 0.3) is 0 Å². The van der Waals surface area contributed by atoms with Crippen LogP contribution in [0.15, 0.2) is 12.2 Å². The molecule has 5 heteroatoms. The van der Waals surface area contributed by atoms with Gasteiger partial charge in [0.05, 0.1) is 0 Å². The van der Waals surface area contributed by atoms with Gasteiger partial charge in [-0.2, -0.15) is 0 Å². The molecule has 0 atom stereocenters. The van der Waals surface area contributed by atoms with Gasteiger partial charge in [-0.25, -0.2) is 4.79 Å². The number of halogens is 2. The van der Waals surface area contributed by atoms with Gasteiger partial charge in [-0.05, 0) is 21.0 Å². The first kappa shape index (κ1) is 15.1. The first-order chi connectivity index (χ1) is 5.54. The summed E-state index contributed by atoms with van der Waals surface area (Å²) < 4.78 is 4.75. The number of rotatable bonds is 3. The predicted molar refractivity (Wildman–Crippen MR) is 67.5 cm³/mol. The van der Waals surface area contributed by atoms with Crippen LogP contribution in [0.2, 0.25) is 0 Å². The summed E-state index contributed by atoms with van der Waals surface area (Å²) in [4.78, 5) is 12.5. The van der Waals surface area contributed by atoms with Crippen molar-refractivity contribution in [3.05, 3.63) is 12.2 Å². The first-order valence-electron chi connectivity index (χ1n) is 3.15. The van der Waals surface area contributed by atoms with Crippen molar-refractivity contribution in [3.63, 3.8) is 0 Å². The standard InChI is InChI=1S/C7H13NO2.I2/c1-6(2)7(9)10-5-8(3)4;1-2/h1,5H2,2-4H3;. The minimum Gasteiger partial charge on any atom is -0.446 e. The molecule has 0 aromatic carbocycles. The molecule has 0 N–H and O–H groups in total. The Morgan fingerprint density at radius 3 is 2.17 bits per heavy atom. The molecule has 0 aliphatic rings. The van der Waals surface area contributed by atoms with Crippen molar-refractivity contribution < 1.29 is 9.53 Å². The van der Waals surface area contributed by atoms with Gasteiger partial charge in [-0.3, -0.25) is 4.90 Å². The Bertz CT molecular complexity index is 148. The van der Waals surface area contributed by atoms with E-state index in [0.29, 0.717) is 12.3 Å². The van der Waals surface area contributed by atoms with Crippen LogP contribution in [0.1, 0.15) is 6.92 Å². The van der Waals surface area contributed by atoms with Gasteiger partial charge >= 0.3 is 5.97 Å². The largest absolute Gasteiger partial charge is 0.446 e. The maximum absolute atomic E-state index is 10.7. The number of ether oxygens (including phenoxy) is 1. The lowest BCUT2D eigenvalue weighted by Crippen LogP contribution is -2.19. The SMILES string of the molecule is C=C(C)C(=O)OCN(C)C.II. The third-order valence-electron chi connectivity index (χ3n) is 0.802. The van der Waals surface area contributed by atoms with E-state index in [9.17, 15) is 4.79 Å². The Kier molecular flexibility index (Phi) is 12.2. The smallest absolute Gasteiger partial charge is 0.334 e. The molecule has 0 aliphatic carbocycles. The molecule has 0 aromatic heterocycles. The van der Waals surface area contributed by atoms with Gasteiger partial charge in [0, 0.05) is 42.8 Å². The van der Waals surface area contributed by atoms with Crippen LogP contribution < -0.4 is 0 Å². The van der Waals surface area contributed by atoms with Gasteiger partial charge in [0.25, 0.3) is 0 Å². The van der Waals surface area contributed by atoms with Crippen molar-refractivity contribution in [2.75, 3.05) is 20.8 Å². The van der Waals surface area contributed by atoms with Gasteiger partial charge < -0.3 is 4.74 Å². The second-order valence-electron chi connectivity index (χ2n) is 2.42. The molecule has 0 fully saturated rings. The molecule has 0 spiro atoms. The molecular formula is C7H13I2NO2. The molecule has 72 valence electrons. The molecule has 0 rings (SSSR count). The Labute approximate surface area is 96.8 Å². The molecule has 0 amide bonds. The van der Waals surface area contributed by atoms with Gasteiger partial charge in [0.15, 0.2) is 0 Å². The Hall–Kier alpha value is 0.630. The Morgan fingerprint density at radius 2 is 1.92 bits per heavy atom. The number of esters is 1. The molecule has 0 bridgehead atoms. The summed E-state index contributed by atoms with van der Waals surface area (Å²) in [5, 5.41) is 0. The third kappa shape index (κ3) is 10.6. The molecule has 0 saturated carbocycles. The fourth-order valence-electron chi connectivity index (χ4n) is 0.311. The van der Waals surface area contributed by atoms with Gasteiger partial charge in [-0.1, -0.05) is 6.58 Å². The van der Waals surface area contributed by atoms with E-state index in [1.165, 1.54) is 0 Å². The van der Waals surface area contributed by atoms with Crippen molar-refractivity contribution in [3.8, 4) is 0 Å². The Balaban J connectivity index is 0. The van der Waals surface area contributed by atoms with Crippen LogP contribution in [0.5, 0.6) is 0 Å². The lowest BCUT2D eigenvalue weighted by molar-refractivity contribution is -0.142. The number of carbonyl (C=O) groups is 1. The summed E-state index contributed by atoms with van der Waals surface area (Å²) in [6, 6.07) is 0. The highest BCUT2D eigenvalue weighted by Crippen LogP contribution is 1.91. The maximum atomic E-state index is 10.7. The topological polar surface area (TPSA) is 29.5 Å². The van der Waals surface area contributed by atoms with Gasteiger partial charge in [0.1, 0.15) is 6.73 Å². The highest BCUT2D eigenvalue weighted by molar-refractivity contribution is 15.0. The molecular weight excluding hydrogens is 384 g/mol. The number of nitrogens with zero attached hydrogens (tertiary/aromatic N) is 1. The van der Waals surface area contributed by atoms with E-state index >= 15 is 0 Å². The quantitative estimate of drug-likeness (QED) is 0.317. The molecule has 0 unspecified atom stereocenters. The molecule has 0 aliphatic heterocycles. The van der Waals surface area contributed by atoms with Gasteiger partial charge in [0.2, 0.25) is 0 Å². The van der Waals surface area contributed by atoms with E-state index in [1.54, 1.807) is 11.8 Å². The molecule has 0 heterocycles. The molecule has 12 heavy (non-hydrogen) atoms. The van der Waals surface area contributed by atoms with Crippen LogP contribution in [-0.2, 0) is 9.53 Å². The van der Waals surface area contributed by atoms with Crippen LogP contribution in [-0.4, -0.2) is 31.7 Å². The molecule has 0 radical (unpaired) electrons.